The van der Waals surface area contributed by atoms with E-state index in [2.05, 4.69) is 76.0 Å². The average molecular weight is 363 g/mol. The molecule has 2 heteroatoms. The lowest BCUT2D eigenvalue weighted by Gasteiger charge is -2.20. The van der Waals surface area contributed by atoms with Crippen LogP contribution >= 0.6 is 22.6 Å². The minimum atomic E-state index is 1.06. The molecule has 19 heavy (non-hydrogen) atoms. The molecule has 1 heterocycles. The predicted octanol–water partition coefficient (Wildman–Crippen LogP) is 4.24. The number of hydrogen-bond donors (Lipinski definition) is 0. The van der Waals surface area contributed by atoms with Crippen LogP contribution in [0.25, 0.3) is 0 Å². The summed E-state index contributed by atoms with van der Waals surface area (Å²) in [5.41, 5.74) is 4.46. The maximum atomic E-state index is 2.56. The number of aryl methyl sites for hydroxylation is 1. The van der Waals surface area contributed by atoms with Crippen LogP contribution in [0.15, 0.2) is 48.5 Å². The monoisotopic (exact) mass is 363 g/mol. The zero-order chi connectivity index (χ0) is 13.1. The summed E-state index contributed by atoms with van der Waals surface area (Å²) in [5, 5.41) is 0. The first-order valence-electron chi connectivity index (χ1n) is 6.85. The lowest BCUT2D eigenvalue weighted by molar-refractivity contribution is 0.261. The highest BCUT2D eigenvalue weighted by atomic mass is 127. The second kappa shape index (κ2) is 6.06. The summed E-state index contributed by atoms with van der Waals surface area (Å²) in [4.78, 5) is 2.56. The average Bonchev–Trinajstić information content (AvgIpc) is 2.63. The molecule has 0 radical (unpaired) electrons. The molecule has 0 saturated carbocycles. The van der Waals surface area contributed by atoms with Crippen LogP contribution in [0.1, 0.15) is 23.1 Å². The Morgan fingerprint density at radius 3 is 2.47 bits per heavy atom. The minimum Gasteiger partial charge on any atom is -0.295 e. The third kappa shape index (κ3) is 3.37. The molecule has 0 bridgehead atoms. The quantitative estimate of drug-likeness (QED) is 0.722. The maximum absolute atomic E-state index is 2.56. The molecule has 0 unspecified atom stereocenters. The fourth-order valence-electron chi connectivity index (χ4n) is 2.75. The Bertz CT molecular complexity index is 547. The van der Waals surface area contributed by atoms with Crippen molar-refractivity contribution in [3.63, 3.8) is 0 Å². The minimum absolute atomic E-state index is 1.06. The Morgan fingerprint density at radius 2 is 1.68 bits per heavy atom. The Balaban J connectivity index is 1.74. The largest absolute Gasteiger partial charge is 0.295 e. The summed E-state index contributed by atoms with van der Waals surface area (Å²) in [7, 11) is 0. The van der Waals surface area contributed by atoms with Crippen molar-refractivity contribution in [3.8, 4) is 0 Å². The Morgan fingerprint density at radius 1 is 0.947 bits per heavy atom. The van der Waals surface area contributed by atoms with Crippen LogP contribution in [-0.4, -0.2) is 11.4 Å². The van der Waals surface area contributed by atoms with Gasteiger partial charge < -0.3 is 0 Å². The highest BCUT2D eigenvalue weighted by Gasteiger charge is 2.13. The molecule has 1 aliphatic heterocycles. The number of hydrogen-bond acceptors (Lipinski definition) is 1. The first-order chi connectivity index (χ1) is 9.31. The Kier molecular flexibility index (Phi) is 4.18. The summed E-state index contributed by atoms with van der Waals surface area (Å²) in [6.07, 6.45) is 2.49. The van der Waals surface area contributed by atoms with Gasteiger partial charge in [0.25, 0.3) is 0 Å². The van der Waals surface area contributed by atoms with Gasteiger partial charge in [0, 0.05) is 16.7 Å². The molecule has 98 valence electrons. The smallest absolute Gasteiger partial charge is 0.0240 e. The topological polar surface area (TPSA) is 3.24 Å². The molecule has 0 saturated heterocycles. The van der Waals surface area contributed by atoms with Gasteiger partial charge in [-0.3, -0.25) is 4.90 Å². The van der Waals surface area contributed by atoms with Crippen molar-refractivity contribution in [2.45, 2.75) is 25.9 Å². The predicted molar refractivity (Wildman–Crippen MR) is 88.0 cm³/mol. The van der Waals surface area contributed by atoms with Crippen LogP contribution in [0.2, 0.25) is 0 Å². The molecule has 0 fully saturated rings. The molecule has 0 aromatic heterocycles. The van der Waals surface area contributed by atoms with Gasteiger partial charge in [-0.25, -0.2) is 0 Å². The van der Waals surface area contributed by atoms with Crippen LogP contribution in [0.3, 0.4) is 0 Å². The molecule has 0 aliphatic carbocycles. The van der Waals surface area contributed by atoms with E-state index in [0.29, 0.717) is 0 Å². The molecule has 0 amide bonds. The van der Waals surface area contributed by atoms with Gasteiger partial charge in [-0.05, 0) is 70.8 Å². The number of rotatable bonds is 2. The summed E-state index contributed by atoms with van der Waals surface area (Å²) >= 11 is 2.36. The van der Waals surface area contributed by atoms with Gasteiger partial charge in [-0.2, -0.15) is 0 Å². The second-order valence-corrected chi connectivity index (χ2v) is 6.46. The zero-order valence-corrected chi connectivity index (χ0v) is 13.1. The Hall–Kier alpha value is -0.870. The molecule has 2 aromatic rings. The first kappa shape index (κ1) is 13.1. The number of halogens is 1. The van der Waals surface area contributed by atoms with E-state index >= 15 is 0 Å². The lowest BCUT2D eigenvalue weighted by atomic mass is 10.0. The third-order valence-corrected chi connectivity index (χ3v) is 4.47. The Labute approximate surface area is 128 Å². The van der Waals surface area contributed by atoms with E-state index in [-0.39, 0.29) is 0 Å². The van der Waals surface area contributed by atoms with E-state index in [1.807, 2.05) is 0 Å². The van der Waals surface area contributed by atoms with Crippen molar-refractivity contribution in [3.05, 3.63) is 68.8 Å². The van der Waals surface area contributed by atoms with Crippen molar-refractivity contribution >= 4 is 22.6 Å². The van der Waals surface area contributed by atoms with Gasteiger partial charge in [-0.15, -0.1) is 0 Å². The summed E-state index contributed by atoms with van der Waals surface area (Å²) in [6.45, 7) is 3.34. The van der Waals surface area contributed by atoms with Crippen LogP contribution in [-0.2, 0) is 19.5 Å². The summed E-state index contributed by atoms with van der Waals surface area (Å²) in [5.74, 6) is 0. The molecule has 1 aliphatic rings. The fraction of sp³-hybridized carbons (Fsp3) is 0.294. The highest BCUT2D eigenvalue weighted by molar-refractivity contribution is 14.1. The maximum Gasteiger partial charge on any atom is 0.0240 e. The van der Waals surface area contributed by atoms with Gasteiger partial charge in [-0.1, -0.05) is 36.4 Å². The van der Waals surface area contributed by atoms with Gasteiger partial charge in [0.2, 0.25) is 0 Å². The zero-order valence-electron chi connectivity index (χ0n) is 11.0. The fourth-order valence-corrected chi connectivity index (χ4v) is 3.11. The summed E-state index contributed by atoms with van der Waals surface area (Å²) in [6, 6.07) is 17.8. The van der Waals surface area contributed by atoms with Crippen LogP contribution in [0.5, 0.6) is 0 Å². The molecule has 0 spiro atoms. The van der Waals surface area contributed by atoms with Crippen LogP contribution < -0.4 is 0 Å². The van der Waals surface area contributed by atoms with E-state index in [0.717, 1.165) is 13.1 Å². The van der Waals surface area contributed by atoms with Crippen LogP contribution in [0, 0.1) is 3.57 Å². The third-order valence-electron chi connectivity index (χ3n) is 3.75. The number of nitrogens with zero attached hydrogens (tertiary/aromatic N) is 1. The molecular weight excluding hydrogens is 345 g/mol. The van der Waals surface area contributed by atoms with Crippen molar-refractivity contribution in [2.75, 3.05) is 6.54 Å². The normalized spacial score (nSPS) is 15.8. The standard InChI is InChI=1S/C17H18IN/c18-17-9-7-14(8-10-17)12-19-11-3-6-15-4-1-2-5-16(15)13-19/h1-2,4-5,7-10H,3,6,11-13H2. The van der Waals surface area contributed by atoms with E-state index in [4.69, 9.17) is 0 Å². The molecular formula is C17H18IN. The van der Waals surface area contributed by atoms with Gasteiger partial charge in [0.05, 0.1) is 0 Å². The van der Waals surface area contributed by atoms with Crippen molar-refractivity contribution < 1.29 is 0 Å². The summed E-state index contributed by atoms with van der Waals surface area (Å²) < 4.78 is 1.31. The van der Waals surface area contributed by atoms with Gasteiger partial charge in [0.15, 0.2) is 0 Å². The molecule has 3 rings (SSSR count). The number of benzene rings is 2. The highest BCUT2D eigenvalue weighted by Crippen LogP contribution is 2.20. The van der Waals surface area contributed by atoms with Gasteiger partial charge in [0.1, 0.15) is 0 Å². The molecule has 2 aromatic carbocycles. The lowest BCUT2D eigenvalue weighted by Crippen LogP contribution is -2.22. The van der Waals surface area contributed by atoms with Crippen molar-refractivity contribution in [2.24, 2.45) is 0 Å². The van der Waals surface area contributed by atoms with E-state index in [1.165, 1.54) is 39.6 Å². The molecule has 1 nitrogen and oxygen atoms in total. The van der Waals surface area contributed by atoms with Crippen LogP contribution in [0.4, 0.5) is 0 Å². The van der Waals surface area contributed by atoms with E-state index < -0.39 is 0 Å². The van der Waals surface area contributed by atoms with Crippen molar-refractivity contribution in [1.29, 1.82) is 0 Å². The first-order valence-corrected chi connectivity index (χ1v) is 7.93. The second-order valence-electron chi connectivity index (χ2n) is 5.21. The van der Waals surface area contributed by atoms with Crippen molar-refractivity contribution in [1.82, 2.24) is 4.90 Å². The molecule has 0 N–H and O–H groups in total. The van der Waals surface area contributed by atoms with E-state index in [9.17, 15) is 0 Å². The number of fused-ring (bicyclic) bond motifs is 1. The molecule has 0 atom stereocenters. The SMILES string of the molecule is Ic1ccc(CN2CCCc3ccccc3C2)cc1. The van der Waals surface area contributed by atoms with Gasteiger partial charge >= 0.3 is 0 Å². The van der Waals surface area contributed by atoms with E-state index in [1.54, 1.807) is 0 Å².